The standard InChI is InChI=1S/C24H17FN4O.C23H15FN4O.C23H17FN4O.C22H15FN4O/c1-14-10-18(25)5-7-21(14)29-23(30)9-4-17-13-27-20-6-2-15(11-19(20)24(17)29)16-3-8-22(26)28-12-16;24-17-4-6-18(7-5-17)28-22(29)10-3-16-13-26-20-8-1-14(11-19(20)23(16)28)15-2-9-21(25)27-12-15;1-14-9-18(24)5-7-21(14)28-22(29)8-4-16-11-25-20-6-3-15(10-19(20)23(16)28)17-12-26-27(2)13-17;1-14-12-26(13-25-14)18-7-8-20-19(10-18)22-15(11-24-20)2-9-21(28)27(22)17-5-3-16(23)4-6-17/h2-13H,1H3,(H2,26,28);1-13H,(H2,25,27);3-13H,1-2H3;2-13H,1H3. The lowest BCUT2D eigenvalue weighted by atomic mass is 10.0. The number of hydrogen-bond acceptors (Lipinski definition) is 14. The second-order valence-corrected chi connectivity index (χ2v) is 27.8. The van der Waals surface area contributed by atoms with Crippen LogP contribution in [-0.2, 0) is 7.05 Å². The van der Waals surface area contributed by atoms with Crippen molar-refractivity contribution in [1.29, 1.82) is 0 Å². The lowest BCUT2D eigenvalue weighted by molar-refractivity contribution is 0.625. The van der Waals surface area contributed by atoms with Crippen LogP contribution in [0.5, 0.6) is 0 Å². The van der Waals surface area contributed by atoms with Gasteiger partial charge >= 0.3 is 0 Å². The Morgan fingerprint density at radius 2 is 0.655 bits per heavy atom. The highest BCUT2D eigenvalue weighted by molar-refractivity contribution is 6.09. The van der Waals surface area contributed by atoms with E-state index in [1.54, 1.807) is 159 Å². The summed E-state index contributed by atoms with van der Waals surface area (Å²) in [6, 6.07) is 64.6. The Morgan fingerprint density at radius 3 is 1.02 bits per heavy atom. The third kappa shape index (κ3) is 14.2. The van der Waals surface area contributed by atoms with E-state index in [1.165, 1.54) is 72.8 Å². The van der Waals surface area contributed by atoms with Gasteiger partial charge in [-0.05, 0) is 237 Å². The normalized spacial score (nSPS) is 11.3. The number of nitrogens with zero attached hydrogens (tertiary/aromatic N) is 14. The Hall–Kier alpha value is -15.7. The lowest BCUT2D eigenvalue weighted by Gasteiger charge is -2.15. The molecule has 0 unspecified atom stereocenters. The Balaban J connectivity index is 0.000000111. The predicted octanol–water partition coefficient (Wildman–Crippen LogP) is 17.5. The summed E-state index contributed by atoms with van der Waals surface area (Å²) in [7, 11) is 1.87. The van der Waals surface area contributed by atoms with Crippen LogP contribution >= 0.6 is 0 Å². The van der Waals surface area contributed by atoms with E-state index in [0.29, 0.717) is 45.5 Å². The number of pyridine rings is 10. The highest BCUT2D eigenvalue weighted by Crippen LogP contribution is 2.35. The monoisotopic (exact) mass is 1530 g/mol. The second kappa shape index (κ2) is 30.2. The first kappa shape index (κ1) is 73.1. The van der Waals surface area contributed by atoms with E-state index in [-0.39, 0.29) is 45.5 Å². The summed E-state index contributed by atoms with van der Waals surface area (Å²) in [5.74, 6) is -0.466. The largest absolute Gasteiger partial charge is 0.384 e. The molecule has 20 aromatic rings. The number of halogens is 4. The fourth-order valence-electron chi connectivity index (χ4n) is 14.5. The fraction of sp³-hybridized carbons (Fsp3) is 0.0435. The summed E-state index contributed by atoms with van der Waals surface area (Å²) in [6.45, 7) is 5.52. The minimum Gasteiger partial charge on any atom is -0.384 e. The van der Waals surface area contributed by atoms with Crippen LogP contribution in [0.1, 0.15) is 16.8 Å². The Labute approximate surface area is 655 Å². The van der Waals surface area contributed by atoms with Crippen molar-refractivity contribution in [2.75, 3.05) is 11.5 Å². The average Bonchev–Trinajstić information content (AvgIpc) is 0.893. The molecule has 0 aliphatic rings. The van der Waals surface area contributed by atoms with Crippen LogP contribution < -0.4 is 33.7 Å². The summed E-state index contributed by atoms with van der Waals surface area (Å²) >= 11 is 0. The molecule has 0 spiro atoms. The van der Waals surface area contributed by atoms with E-state index in [9.17, 15) is 36.7 Å². The Kier molecular flexibility index (Phi) is 19.0. The van der Waals surface area contributed by atoms with Gasteiger partial charge in [-0.15, -0.1) is 0 Å². The van der Waals surface area contributed by atoms with Gasteiger partial charge in [0.15, 0.2) is 0 Å². The molecular formula is C92H64F4N16O4. The minimum absolute atomic E-state index is 0.175. The number of rotatable bonds is 8. The molecule has 0 fully saturated rings. The number of benzene rings is 8. The van der Waals surface area contributed by atoms with E-state index >= 15 is 0 Å². The van der Waals surface area contributed by atoms with Crippen LogP contribution in [0.15, 0.2) is 312 Å². The molecule has 0 amide bonds. The van der Waals surface area contributed by atoms with Crippen molar-refractivity contribution in [1.82, 2.24) is 67.5 Å². The van der Waals surface area contributed by atoms with Gasteiger partial charge in [-0.3, -0.25) is 62.1 Å². The zero-order chi connectivity index (χ0) is 80.2. The van der Waals surface area contributed by atoms with Gasteiger partial charge in [-0.2, -0.15) is 5.10 Å². The third-order valence-corrected chi connectivity index (χ3v) is 20.1. The van der Waals surface area contributed by atoms with E-state index in [4.69, 9.17) is 11.5 Å². The molecule has 8 aromatic carbocycles. The summed E-state index contributed by atoms with van der Waals surface area (Å²) in [4.78, 5) is 82.1. The molecule has 0 aliphatic carbocycles. The molecule has 0 radical (unpaired) electrons. The number of aromatic nitrogens is 14. The second-order valence-electron chi connectivity index (χ2n) is 27.8. The first-order valence-corrected chi connectivity index (χ1v) is 36.5. The number of nitrogen functional groups attached to an aromatic ring is 2. The maximum absolute atomic E-state index is 13.7. The zero-order valence-corrected chi connectivity index (χ0v) is 62.3. The molecule has 12 heterocycles. The Bertz CT molecular complexity index is 7580. The number of imidazole rings is 1. The van der Waals surface area contributed by atoms with E-state index in [0.717, 1.165) is 132 Å². The van der Waals surface area contributed by atoms with E-state index in [1.807, 2.05) is 116 Å². The molecule has 116 heavy (non-hydrogen) atoms. The maximum Gasteiger partial charge on any atom is 0.255 e. The molecule has 0 aliphatic heterocycles. The van der Waals surface area contributed by atoms with Crippen molar-refractivity contribution >= 4 is 98.9 Å². The van der Waals surface area contributed by atoms with Crippen LogP contribution in [-0.4, -0.2) is 67.5 Å². The van der Waals surface area contributed by atoms with Gasteiger partial charge in [0, 0.05) is 158 Å². The summed E-state index contributed by atoms with van der Waals surface area (Å²) < 4.78 is 64.3. The molecule has 4 N–H and O–H groups in total. The first-order chi connectivity index (χ1) is 56.2. The molecule has 20 rings (SSSR count). The van der Waals surface area contributed by atoms with Crippen molar-refractivity contribution in [3.63, 3.8) is 0 Å². The third-order valence-electron chi connectivity index (χ3n) is 20.1. The summed E-state index contributed by atoms with van der Waals surface area (Å²) in [5.41, 5.74) is 28.0. The van der Waals surface area contributed by atoms with Gasteiger partial charge in [0.2, 0.25) is 0 Å². The number of nitrogens with two attached hydrogens (primary N) is 2. The lowest BCUT2D eigenvalue weighted by Crippen LogP contribution is -2.18. The van der Waals surface area contributed by atoms with E-state index < -0.39 is 0 Å². The van der Waals surface area contributed by atoms with Crippen LogP contribution in [0.3, 0.4) is 0 Å². The van der Waals surface area contributed by atoms with Crippen molar-refractivity contribution in [3.05, 3.63) is 374 Å². The highest BCUT2D eigenvalue weighted by Gasteiger charge is 2.19. The van der Waals surface area contributed by atoms with Crippen LogP contribution in [0.25, 0.3) is 149 Å². The quantitative estimate of drug-likeness (QED) is 0.106. The SMILES string of the molecule is Cc1cc(F)ccc1-n1c(=O)ccc2cnc3ccc(-c4ccc(N)nc4)cc3c21.Cc1cc(F)ccc1-n1c(=O)ccc2cnc3ccc(-c4cnn(C)c4)cc3c21.Cc1cn(-c2ccc3ncc4ccc(=O)n(-c5ccc(F)cc5)c4c3c2)cn1.Nc1ccc(-c2ccc3ncc4ccc(=O)n(-c5ccc(F)cc5)c4c3c2)cn1. The van der Waals surface area contributed by atoms with E-state index in [2.05, 4.69) is 40.0 Å². The van der Waals surface area contributed by atoms with Gasteiger partial charge < -0.3 is 16.0 Å². The molecule has 0 atom stereocenters. The molecule has 564 valence electrons. The van der Waals surface area contributed by atoms with Crippen LogP contribution in [0, 0.1) is 44.0 Å². The summed E-state index contributed by atoms with van der Waals surface area (Å²) in [5, 5.41) is 10.9. The molecule has 0 saturated heterocycles. The number of hydrogen-bond donors (Lipinski definition) is 2. The van der Waals surface area contributed by atoms with Crippen LogP contribution in [0.2, 0.25) is 0 Å². The molecule has 12 aromatic heterocycles. The van der Waals surface area contributed by atoms with Gasteiger partial charge in [0.25, 0.3) is 22.2 Å². The van der Waals surface area contributed by atoms with Crippen molar-refractivity contribution in [2.45, 2.75) is 20.8 Å². The number of fused-ring (bicyclic) bond motifs is 12. The van der Waals surface area contributed by atoms with Gasteiger partial charge in [-0.1, -0.05) is 18.2 Å². The number of aryl methyl sites for hydroxylation is 4. The topological polar surface area (TPSA) is 253 Å². The summed E-state index contributed by atoms with van der Waals surface area (Å²) in [6.07, 6.45) is 17.9. The number of anilines is 2. The van der Waals surface area contributed by atoms with Gasteiger partial charge in [0.05, 0.1) is 73.7 Å². The minimum atomic E-state index is -0.355. The van der Waals surface area contributed by atoms with Crippen molar-refractivity contribution < 1.29 is 17.6 Å². The average molecular weight is 1530 g/mol. The molecule has 0 saturated carbocycles. The van der Waals surface area contributed by atoms with Gasteiger partial charge in [0.1, 0.15) is 34.9 Å². The fourth-order valence-corrected chi connectivity index (χ4v) is 14.5. The highest BCUT2D eigenvalue weighted by atomic mass is 19.1. The molecule has 24 heteroatoms. The molecule has 20 nitrogen and oxygen atoms in total. The smallest absolute Gasteiger partial charge is 0.255 e. The zero-order valence-electron chi connectivity index (χ0n) is 62.3. The first-order valence-electron chi connectivity index (χ1n) is 36.5. The molecule has 0 bridgehead atoms. The maximum atomic E-state index is 13.7. The Morgan fingerprint density at radius 1 is 0.302 bits per heavy atom. The predicted molar refractivity (Wildman–Crippen MR) is 448 cm³/mol. The van der Waals surface area contributed by atoms with Crippen molar-refractivity contribution in [2.24, 2.45) is 7.05 Å². The van der Waals surface area contributed by atoms with Crippen LogP contribution in [0.4, 0.5) is 29.2 Å². The van der Waals surface area contributed by atoms with Crippen molar-refractivity contribution in [3.8, 4) is 61.8 Å². The molecular weight excluding hydrogens is 1470 g/mol. The van der Waals surface area contributed by atoms with Gasteiger partial charge in [-0.25, -0.2) is 32.5 Å².